The largest absolute Gasteiger partial charge is 0.435 e. The number of carbonyl (C=O) groups excluding carboxylic acids is 1. The molecule has 0 unspecified atom stereocenters. The van der Waals surface area contributed by atoms with Crippen LogP contribution in [0.1, 0.15) is 25.7 Å². The summed E-state index contributed by atoms with van der Waals surface area (Å²) in [5.41, 5.74) is -0.0817. The number of methoxy groups -OCH3 is 1. The van der Waals surface area contributed by atoms with E-state index in [9.17, 15) is 4.79 Å². The molecular weight excluding hydrogens is 316 g/mol. The lowest BCUT2D eigenvalue weighted by Crippen LogP contribution is -2.65. The summed E-state index contributed by atoms with van der Waals surface area (Å²) in [6, 6.07) is 0. The molecular formula is C21H24O4. The zero-order valence-corrected chi connectivity index (χ0v) is 14.5. The molecule has 132 valence electrons. The quantitative estimate of drug-likeness (QED) is 0.686. The van der Waals surface area contributed by atoms with Crippen molar-refractivity contribution in [2.75, 3.05) is 7.11 Å². The van der Waals surface area contributed by atoms with Crippen LogP contribution >= 0.6 is 0 Å². The molecule has 0 radical (unpaired) electrons. The molecule has 10 rings (SSSR count). The van der Waals surface area contributed by atoms with Gasteiger partial charge in [0.25, 0.3) is 0 Å². The summed E-state index contributed by atoms with van der Waals surface area (Å²) >= 11 is 0. The average molecular weight is 340 g/mol. The molecule has 10 fully saturated rings. The van der Waals surface area contributed by atoms with Gasteiger partial charge in [-0.15, -0.1) is 0 Å². The zero-order chi connectivity index (χ0) is 16.0. The molecule has 8 saturated carbocycles. The van der Waals surface area contributed by atoms with Gasteiger partial charge in [0.15, 0.2) is 0 Å². The molecule has 2 aliphatic heterocycles. The number of rotatable bonds is 1. The second kappa shape index (κ2) is 3.22. The summed E-state index contributed by atoms with van der Waals surface area (Å²) in [6.45, 7) is 0. The third-order valence-electron chi connectivity index (χ3n) is 11.7. The molecule has 2 saturated heterocycles. The van der Waals surface area contributed by atoms with Crippen LogP contribution in [0.2, 0.25) is 0 Å². The van der Waals surface area contributed by atoms with Gasteiger partial charge >= 0.3 is 5.97 Å². The molecule has 10 aliphatic rings. The molecule has 2 heterocycles. The van der Waals surface area contributed by atoms with E-state index in [0.29, 0.717) is 35.9 Å². The van der Waals surface area contributed by atoms with E-state index in [1.807, 2.05) is 7.11 Å². The highest BCUT2D eigenvalue weighted by molar-refractivity contribution is 5.86. The number of fused-ring (bicyclic) bond motifs is 1. The molecule has 25 heavy (non-hydrogen) atoms. The molecule has 2 spiro atoms. The molecule has 4 heteroatoms. The van der Waals surface area contributed by atoms with Crippen LogP contribution in [0.4, 0.5) is 0 Å². The number of carbonyl (C=O) groups is 1. The standard InChI is InChI=1S/C21H24O4/c1-23-8-4-2-6-10(8)16-13-12-14-7-3-5-9-11(7)17(12)21(15(6)13)19(24-9)25-18(22)20(14,16)21/h6-17,19H,2-5H2,1H3/t6-,7-,8+,9-,10-,11+,12+,13-,14-,15+,16+,17-,19+,20-,21+/m0/s1. The first-order valence-electron chi connectivity index (χ1n) is 10.7. The summed E-state index contributed by atoms with van der Waals surface area (Å²) in [4.78, 5) is 13.6. The van der Waals surface area contributed by atoms with Crippen molar-refractivity contribution in [2.45, 2.75) is 44.2 Å². The Kier molecular flexibility index (Phi) is 1.64. The van der Waals surface area contributed by atoms with E-state index in [4.69, 9.17) is 14.2 Å². The normalized spacial score (nSPS) is 79.1. The first kappa shape index (κ1) is 12.7. The van der Waals surface area contributed by atoms with E-state index in [-0.39, 0.29) is 23.1 Å². The summed E-state index contributed by atoms with van der Waals surface area (Å²) in [6.07, 6.45) is 5.61. The van der Waals surface area contributed by atoms with Gasteiger partial charge in [0, 0.05) is 7.11 Å². The molecule has 15 atom stereocenters. The van der Waals surface area contributed by atoms with E-state index in [2.05, 4.69) is 0 Å². The molecule has 0 aromatic carbocycles. The van der Waals surface area contributed by atoms with Crippen LogP contribution in [-0.2, 0) is 19.0 Å². The Labute approximate surface area is 146 Å². The predicted molar refractivity (Wildman–Crippen MR) is 83.8 cm³/mol. The van der Waals surface area contributed by atoms with Gasteiger partial charge in [-0.3, -0.25) is 4.79 Å². The van der Waals surface area contributed by atoms with Crippen molar-refractivity contribution < 1.29 is 19.0 Å². The smallest absolute Gasteiger partial charge is 0.315 e. The minimum absolute atomic E-state index is 0.0839. The van der Waals surface area contributed by atoms with Crippen molar-refractivity contribution in [3.63, 3.8) is 0 Å². The first-order chi connectivity index (χ1) is 12.3. The number of esters is 1. The van der Waals surface area contributed by atoms with Crippen LogP contribution in [-0.4, -0.2) is 31.6 Å². The lowest BCUT2D eigenvalue weighted by atomic mass is 9.43. The summed E-state index contributed by atoms with van der Waals surface area (Å²) in [5, 5.41) is 0. The van der Waals surface area contributed by atoms with Crippen molar-refractivity contribution in [2.24, 2.45) is 70.0 Å². The van der Waals surface area contributed by atoms with Crippen LogP contribution in [0, 0.1) is 70.0 Å². The minimum Gasteiger partial charge on any atom is -0.435 e. The van der Waals surface area contributed by atoms with Crippen molar-refractivity contribution in [1.29, 1.82) is 0 Å². The summed E-state index contributed by atoms with van der Waals surface area (Å²) < 4.78 is 18.7. The highest BCUT2D eigenvalue weighted by atomic mass is 16.7. The summed E-state index contributed by atoms with van der Waals surface area (Å²) in [7, 11) is 1.89. The monoisotopic (exact) mass is 340 g/mol. The Morgan fingerprint density at radius 3 is 2.60 bits per heavy atom. The molecule has 8 bridgehead atoms. The average Bonchev–Trinajstić information content (AvgIpc) is 3.37. The van der Waals surface area contributed by atoms with Gasteiger partial charge in [-0.25, -0.2) is 0 Å². The lowest BCUT2D eigenvalue weighted by molar-refractivity contribution is -0.280. The third-order valence-corrected chi connectivity index (χ3v) is 11.7. The second-order valence-electron chi connectivity index (χ2n) is 10.9. The Morgan fingerprint density at radius 1 is 0.920 bits per heavy atom. The molecule has 8 aliphatic carbocycles. The fourth-order valence-corrected chi connectivity index (χ4v) is 12.5. The van der Waals surface area contributed by atoms with E-state index < -0.39 is 0 Å². The predicted octanol–water partition coefficient (Wildman–Crippen LogP) is 2.07. The molecule has 0 aromatic heterocycles. The van der Waals surface area contributed by atoms with Crippen LogP contribution in [0.15, 0.2) is 0 Å². The molecule has 0 N–H and O–H groups in total. The van der Waals surface area contributed by atoms with Crippen molar-refractivity contribution in [1.82, 2.24) is 0 Å². The van der Waals surface area contributed by atoms with Gasteiger partial charge in [0.05, 0.1) is 23.0 Å². The Morgan fingerprint density at radius 2 is 1.72 bits per heavy atom. The van der Waals surface area contributed by atoms with Gasteiger partial charge in [0.1, 0.15) is 0 Å². The van der Waals surface area contributed by atoms with Crippen molar-refractivity contribution >= 4 is 5.97 Å². The fourth-order valence-electron chi connectivity index (χ4n) is 12.5. The number of hydrogen-bond acceptors (Lipinski definition) is 4. The van der Waals surface area contributed by atoms with Crippen LogP contribution in [0.5, 0.6) is 0 Å². The van der Waals surface area contributed by atoms with Gasteiger partial charge in [0.2, 0.25) is 6.29 Å². The Balaban J connectivity index is 1.38. The topological polar surface area (TPSA) is 44.8 Å². The van der Waals surface area contributed by atoms with Crippen LogP contribution in [0.3, 0.4) is 0 Å². The van der Waals surface area contributed by atoms with Crippen molar-refractivity contribution in [3.8, 4) is 0 Å². The highest BCUT2D eigenvalue weighted by Crippen LogP contribution is 3.00. The second-order valence-corrected chi connectivity index (χ2v) is 10.9. The maximum atomic E-state index is 13.6. The van der Waals surface area contributed by atoms with E-state index in [1.165, 1.54) is 25.7 Å². The van der Waals surface area contributed by atoms with Gasteiger partial charge < -0.3 is 14.2 Å². The first-order valence-corrected chi connectivity index (χ1v) is 10.7. The zero-order valence-electron chi connectivity index (χ0n) is 14.5. The summed E-state index contributed by atoms with van der Waals surface area (Å²) in [5.74, 6) is 7.36. The third kappa shape index (κ3) is 0.790. The molecule has 0 amide bonds. The molecule has 0 aromatic rings. The SMILES string of the molecule is CO[C@@H]1CC[C@H]2[C@@H]1[C@@H]1[C@H]3[C@@H]4[C@@H]5[C@H]6CC[C@@H]7O[C@@H]8OC(=O)[C@@]15[C@@]8([C@H]4[C@H]67)[C@H]23. The minimum atomic E-state index is -0.194. The molecule has 4 nitrogen and oxygen atoms in total. The number of ether oxygens (including phenoxy) is 3. The van der Waals surface area contributed by atoms with Gasteiger partial charge in [-0.2, -0.15) is 0 Å². The fraction of sp³-hybridized carbons (Fsp3) is 0.952. The Bertz CT molecular complexity index is 780. The van der Waals surface area contributed by atoms with E-state index in [1.54, 1.807) is 0 Å². The van der Waals surface area contributed by atoms with E-state index >= 15 is 0 Å². The van der Waals surface area contributed by atoms with Crippen LogP contribution in [0.25, 0.3) is 0 Å². The lowest BCUT2D eigenvalue weighted by Gasteiger charge is -2.59. The number of hydrogen-bond donors (Lipinski definition) is 0. The maximum Gasteiger partial charge on any atom is 0.315 e. The highest BCUT2D eigenvalue weighted by Gasteiger charge is 3.04. The van der Waals surface area contributed by atoms with E-state index in [0.717, 1.165) is 35.5 Å². The van der Waals surface area contributed by atoms with Crippen molar-refractivity contribution in [3.05, 3.63) is 0 Å². The Hall–Kier alpha value is -0.610. The van der Waals surface area contributed by atoms with Gasteiger partial charge in [-0.05, 0) is 84.9 Å². The van der Waals surface area contributed by atoms with Gasteiger partial charge in [-0.1, -0.05) is 0 Å². The maximum absolute atomic E-state index is 13.6. The van der Waals surface area contributed by atoms with Crippen LogP contribution < -0.4 is 0 Å².